The lowest BCUT2D eigenvalue weighted by Crippen LogP contribution is -2.43. The summed E-state index contributed by atoms with van der Waals surface area (Å²) in [5.41, 5.74) is 1.04. The number of ether oxygens (including phenoxy) is 4. The maximum Gasteiger partial charge on any atom is 0.192 e. The third-order valence-corrected chi connectivity index (χ3v) is 10.5. The van der Waals surface area contributed by atoms with Gasteiger partial charge < -0.3 is 23.4 Å². The highest BCUT2D eigenvalue weighted by atomic mass is 28.4. The molecule has 0 unspecified atom stereocenters. The monoisotopic (exact) mass is 420 g/mol. The lowest BCUT2D eigenvalue weighted by Gasteiger charge is -2.38. The van der Waals surface area contributed by atoms with Crippen LogP contribution < -0.4 is 18.9 Å². The van der Waals surface area contributed by atoms with Gasteiger partial charge >= 0.3 is 0 Å². The molecule has 2 rings (SSSR count). The fourth-order valence-electron chi connectivity index (χ4n) is 3.36. The van der Waals surface area contributed by atoms with Gasteiger partial charge in [-0.05, 0) is 37.2 Å². The summed E-state index contributed by atoms with van der Waals surface area (Å²) in [6.07, 6.45) is 0.779. The third kappa shape index (κ3) is 4.81. The van der Waals surface area contributed by atoms with Crippen molar-refractivity contribution in [1.29, 1.82) is 0 Å². The van der Waals surface area contributed by atoms with E-state index >= 15 is 0 Å². The fourth-order valence-corrected chi connectivity index (χ4v) is 4.80. The maximum atomic E-state index is 6.57. The third-order valence-electron chi connectivity index (χ3n) is 5.85. The highest BCUT2D eigenvalue weighted by molar-refractivity contribution is 6.74. The van der Waals surface area contributed by atoms with E-state index in [2.05, 4.69) is 40.8 Å². The van der Waals surface area contributed by atoms with Crippen molar-refractivity contribution in [3.05, 3.63) is 23.8 Å². The molecule has 0 amide bonds. The Morgan fingerprint density at radius 1 is 0.862 bits per heavy atom. The molecule has 2 aromatic rings. The number of hydrogen-bond acceptors (Lipinski definition) is 5. The molecule has 0 spiro atoms. The Labute approximate surface area is 176 Å². The van der Waals surface area contributed by atoms with Crippen LogP contribution in [0.5, 0.6) is 23.0 Å². The normalized spacial score (nSPS) is 13.3. The Hall–Kier alpha value is -1.92. The molecule has 0 heterocycles. The molecule has 0 fully saturated rings. The Balaban J connectivity index is 2.56. The maximum absolute atomic E-state index is 6.57. The van der Waals surface area contributed by atoms with E-state index in [1.807, 2.05) is 18.2 Å². The summed E-state index contributed by atoms with van der Waals surface area (Å²) in [5.74, 6) is 2.93. The molecule has 0 aliphatic heterocycles. The van der Waals surface area contributed by atoms with Crippen molar-refractivity contribution in [3.63, 3.8) is 0 Å². The molecule has 6 heteroatoms. The summed E-state index contributed by atoms with van der Waals surface area (Å²) in [5, 5.41) is 1.93. The first-order valence-electron chi connectivity index (χ1n) is 9.96. The SMILES string of the molecule is COc1cc(OC)c2c(OC)cc(C[C@H](C)O[Si](C)(C)C(C)(C)C)c(OC)c2c1. The molecular formula is C23H36O5Si. The summed E-state index contributed by atoms with van der Waals surface area (Å²) >= 11 is 0. The van der Waals surface area contributed by atoms with Crippen LogP contribution >= 0.6 is 0 Å². The molecule has 1 atom stereocenters. The smallest absolute Gasteiger partial charge is 0.192 e. The first-order valence-corrected chi connectivity index (χ1v) is 12.9. The minimum Gasteiger partial charge on any atom is -0.497 e. The summed E-state index contributed by atoms with van der Waals surface area (Å²) in [4.78, 5) is 0. The van der Waals surface area contributed by atoms with Gasteiger partial charge in [0.15, 0.2) is 8.32 Å². The van der Waals surface area contributed by atoms with Gasteiger partial charge in [0.05, 0.1) is 33.8 Å². The van der Waals surface area contributed by atoms with Crippen LogP contribution in [0.15, 0.2) is 18.2 Å². The minimum absolute atomic E-state index is 0.0550. The topological polar surface area (TPSA) is 46.2 Å². The number of methoxy groups -OCH3 is 4. The van der Waals surface area contributed by atoms with Crippen LogP contribution in [0.4, 0.5) is 0 Å². The highest BCUT2D eigenvalue weighted by Gasteiger charge is 2.38. The Kier molecular flexibility index (Phi) is 7.12. The lowest BCUT2D eigenvalue weighted by molar-refractivity contribution is 0.198. The van der Waals surface area contributed by atoms with Crippen LogP contribution in [0.2, 0.25) is 18.1 Å². The van der Waals surface area contributed by atoms with Crippen LogP contribution in [0.1, 0.15) is 33.3 Å². The molecule has 0 aliphatic carbocycles. The molecule has 5 nitrogen and oxygen atoms in total. The van der Waals surface area contributed by atoms with Gasteiger partial charge in [-0.2, -0.15) is 0 Å². The van der Waals surface area contributed by atoms with Crippen molar-refractivity contribution in [2.75, 3.05) is 28.4 Å². The molecule has 0 aromatic heterocycles. The zero-order valence-electron chi connectivity index (χ0n) is 19.6. The summed E-state index contributed by atoms with van der Waals surface area (Å²) < 4.78 is 29.2. The van der Waals surface area contributed by atoms with E-state index < -0.39 is 8.32 Å². The molecule has 0 radical (unpaired) electrons. The fraction of sp³-hybridized carbons (Fsp3) is 0.565. The standard InChI is InChI=1S/C23H36O5Si/c1-15(28-29(9,10)23(2,3)4)11-16-12-19(25-6)21-18(22(16)27-8)13-17(24-5)14-20(21)26-7/h12-15H,11H2,1-10H3/t15-/m0/s1. The zero-order valence-corrected chi connectivity index (χ0v) is 20.6. The first-order chi connectivity index (χ1) is 13.5. The van der Waals surface area contributed by atoms with Gasteiger partial charge in [0, 0.05) is 29.5 Å². The van der Waals surface area contributed by atoms with Crippen LogP contribution in [0, 0.1) is 0 Å². The van der Waals surface area contributed by atoms with Gasteiger partial charge in [0.25, 0.3) is 0 Å². The van der Waals surface area contributed by atoms with E-state index in [0.717, 1.165) is 34.3 Å². The van der Waals surface area contributed by atoms with E-state index in [9.17, 15) is 0 Å². The van der Waals surface area contributed by atoms with Crippen LogP contribution in [0.3, 0.4) is 0 Å². The van der Waals surface area contributed by atoms with Crippen molar-refractivity contribution >= 4 is 19.1 Å². The van der Waals surface area contributed by atoms with Gasteiger partial charge in [-0.1, -0.05) is 20.8 Å². The number of hydrogen-bond donors (Lipinski definition) is 0. The van der Waals surface area contributed by atoms with Crippen LogP contribution in [-0.4, -0.2) is 42.9 Å². The van der Waals surface area contributed by atoms with Gasteiger partial charge in [0.1, 0.15) is 23.0 Å². The van der Waals surface area contributed by atoms with E-state index in [-0.39, 0.29) is 11.1 Å². The summed E-state index contributed by atoms with van der Waals surface area (Å²) in [7, 11) is 4.78. The average molecular weight is 421 g/mol. The second-order valence-corrected chi connectivity index (χ2v) is 13.7. The first kappa shape index (κ1) is 23.4. The van der Waals surface area contributed by atoms with Crippen molar-refractivity contribution in [2.24, 2.45) is 0 Å². The second-order valence-electron chi connectivity index (χ2n) is 8.92. The molecule has 162 valence electrons. The molecule has 29 heavy (non-hydrogen) atoms. The molecule has 0 N–H and O–H groups in total. The Morgan fingerprint density at radius 3 is 1.93 bits per heavy atom. The molecule has 0 saturated carbocycles. The van der Waals surface area contributed by atoms with Crippen LogP contribution in [-0.2, 0) is 10.8 Å². The summed E-state index contributed by atoms with van der Waals surface area (Å²) in [6, 6.07) is 5.84. The number of rotatable bonds is 8. The van der Waals surface area contributed by atoms with E-state index in [1.165, 1.54) is 0 Å². The predicted molar refractivity (Wildman–Crippen MR) is 122 cm³/mol. The zero-order chi connectivity index (χ0) is 22.0. The van der Waals surface area contributed by atoms with E-state index in [4.69, 9.17) is 23.4 Å². The molecule has 2 aromatic carbocycles. The number of benzene rings is 2. The van der Waals surface area contributed by atoms with Crippen molar-refractivity contribution in [2.45, 2.75) is 58.4 Å². The van der Waals surface area contributed by atoms with E-state index in [1.54, 1.807) is 28.4 Å². The van der Waals surface area contributed by atoms with Gasteiger partial charge in [-0.25, -0.2) is 0 Å². The largest absolute Gasteiger partial charge is 0.497 e. The molecule has 0 saturated heterocycles. The second kappa shape index (κ2) is 8.84. The van der Waals surface area contributed by atoms with Crippen molar-refractivity contribution < 1.29 is 23.4 Å². The highest BCUT2D eigenvalue weighted by Crippen LogP contribution is 2.45. The van der Waals surface area contributed by atoms with E-state index in [0.29, 0.717) is 11.5 Å². The van der Waals surface area contributed by atoms with Crippen LogP contribution in [0.25, 0.3) is 10.8 Å². The Morgan fingerprint density at radius 2 is 1.45 bits per heavy atom. The van der Waals surface area contributed by atoms with Gasteiger partial charge in [-0.15, -0.1) is 0 Å². The molecular weight excluding hydrogens is 384 g/mol. The molecule has 0 bridgehead atoms. The van der Waals surface area contributed by atoms with Crippen molar-refractivity contribution in [1.82, 2.24) is 0 Å². The average Bonchev–Trinajstić information content (AvgIpc) is 2.64. The predicted octanol–water partition coefficient (Wildman–Crippen LogP) is 5.83. The quantitative estimate of drug-likeness (QED) is 0.503. The Bertz CT molecular complexity index is 855. The molecule has 0 aliphatic rings. The van der Waals surface area contributed by atoms with Gasteiger partial charge in [-0.3, -0.25) is 0 Å². The lowest BCUT2D eigenvalue weighted by atomic mass is 9.99. The number of fused-ring (bicyclic) bond motifs is 1. The van der Waals surface area contributed by atoms with Gasteiger partial charge in [0.2, 0.25) is 0 Å². The summed E-state index contributed by atoms with van der Waals surface area (Å²) in [6.45, 7) is 13.4. The minimum atomic E-state index is -1.87. The van der Waals surface area contributed by atoms with Crippen molar-refractivity contribution in [3.8, 4) is 23.0 Å².